The number of sulfonamides is 1. The SMILES string of the molecule is COC(CN(C1CC(=O)N(c2ccc(-c3nc4ccccc4o3)cc2)C1=O)S(=O)(=O)c1cc(Cl)ccc1Cl)OC. The van der Waals surface area contributed by atoms with Crippen LogP contribution in [0.4, 0.5) is 5.69 Å². The predicted octanol–water partition coefficient (Wildman–Crippen LogP) is 4.74. The van der Waals surface area contributed by atoms with Gasteiger partial charge in [0.2, 0.25) is 21.8 Å². The van der Waals surface area contributed by atoms with E-state index in [1.54, 1.807) is 30.3 Å². The van der Waals surface area contributed by atoms with Crippen LogP contribution in [-0.2, 0) is 29.1 Å². The van der Waals surface area contributed by atoms with Crippen LogP contribution >= 0.6 is 23.2 Å². The van der Waals surface area contributed by atoms with E-state index < -0.39 is 40.6 Å². The van der Waals surface area contributed by atoms with Crippen molar-refractivity contribution in [2.24, 2.45) is 0 Å². The van der Waals surface area contributed by atoms with Gasteiger partial charge < -0.3 is 13.9 Å². The second kappa shape index (κ2) is 11.3. The summed E-state index contributed by atoms with van der Waals surface area (Å²) in [6, 6.07) is 16.4. The molecule has 10 nitrogen and oxygen atoms in total. The van der Waals surface area contributed by atoms with E-state index >= 15 is 0 Å². The first-order valence-corrected chi connectivity index (χ1v) is 14.2. The summed E-state index contributed by atoms with van der Waals surface area (Å²) in [6.07, 6.45) is -1.43. The molecule has 1 aliphatic rings. The Morgan fingerprint density at radius 1 is 1.05 bits per heavy atom. The average Bonchev–Trinajstić information content (AvgIpc) is 3.51. The zero-order valence-electron chi connectivity index (χ0n) is 21.3. The summed E-state index contributed by atoms with van der Waals surface area (Å²) in [7, 11) is -1.77. The van der Waals surface area contributed by atoms with Gasteiger partial charge in [0.15, 0.2) is 11.9 Å². The number of carbonyl (C=O) groups is 2. The number of nitrogens with zero attached hydrogens (tertiary/aromatic N) is 3. The molecule has 2 heterocycles. The number of hydrogen-bond acceptors (Lipinski definition) is 8. The first kappa shape index (κ1) is 28.2. The molecule has 1 aliphatic heterocycles. The topological polar surface area (TPSA) is 119 Å². The maximum Gasteiger partial charge on any atom is 0.252 e. The van der Waals surface area contributed by atoms with Gasteiger partial charge in [0.05, 0.1) is 23.7 Å². The molecule has 0 N–H and O–H groups in total. The quantitative estimate of drug-likeness (QED) is 0.199. The van der Waals surface area contributed by atoms with Crippen LogP contribution in [0, 0.1) is 0 Å². The molecule has 3 aromatic carbocycles. The van der Waals surface area contributed by atoms with Crippen LogP contribution in [0.5, 0.6) is 0 Å². The molecular weight excluding hydrogens is 581 g/mol. The van der Waals surface area contributed by atoms with E-state index in [1.165, 1.54) is 32.4 Å². The molecule has 5 rings (SSSR count). The van der Waals surface area contributed by atoms with Crippen molar-refractivity contribution < 1.29 is 31.9 Å². The maximum atomic E-state index is 13.8. The van der Waals surface area contributed by atoms with Gasteiger partial charge in [-0.3, -0.25) is 9.59 Å². The Morgan fingerprint density at radius 3 is 2.42 bits per heavy atom. The minimum Gasteiger partial charge on any atom is -0.436 e. The minimum absolute atomic E-state index is 0.0933. The van der Waals surface area contributed by atoms with Gasteiger partial charge in [-0.05, 0) is 54.6 Å². The van der Waals surface area contributed by atoms with Gasteiger partial charge in [-0.25, -0.2) is 18.3 Å². The van der Waals surface area contributed by atoms with Crippen LogP contribution in [0.1, 0.15) is 6.42 Å². The Kier molecular flexibility index (Phi) is 7.96. The number of fused-ring (bicyclic) bond motifs is 1. The Bertz CT molecular complexity index is 1660. The highest BCUT2D eigenvalue weighted by Gasteiger charge is 2.48. The molecule has 1 fully saturated rings. The van der Waals surface area contributed by atoms with Gasteiger partial charge in [0.25, 0.3) is 5.91 Å². The maximum absolute atomic E-state index is 13.8. The standard InChI is InChI=1S/C27H23Cl2N3O7S/c1-37-25(38-2)15-31(40(35,36)23-13-17(28)9-12-19(23)29)21-14-24(33)32(27(21)34)18-10-7-16(8-11-18)26-30-20-5-3-4-6-22(20)39-26/h3-13,21,25H,14-15H2,1-2H3. The lowest BCUT2D eigenvalue weighted by Gasteiger charge is -2.29. The third-order valence-electron chi connectivity index (χ3n) is 6.47. The van der Waals surface area contributed by atoms with Crippen molar-refractivity contribution in [1.82, 2.24) is 9.29 Å². The van der Waals surface area contributed by atoms with E-state index in [0.717, 1.165) is 9.21 Å². The van der Waals surface area contributed by atoms with Crippen molar-refractivity contribution in [3.05, 3.63) is 76.8 Å². The monoisotopic (exact) mass is 603 g/mol. The minimum atomic E-state index is -4.43. The molecule has 0 bridgehead atoms. The number of para-hydroxylation sites is 2. The van der Waals surface area contributed by atoms with Crippen molar-refractivity contribution in [1.29, 1.82) is 0 Å². The van der Waals surface area contributed by atoms with Crippen LogP contribution in [0.25, 0.3) is 22.6 Å². The number of benzene rings is 3. The zero-order valence-corrected chi connectivity index (χ0v) is 23.6. The van der Waals surface area contributed by atoms with Crippen LogP contribution in [-0.4, -0.2) is 62.6 Å². The number of methoxy groups -OCH3 is 2. The fraction of sp³-hybridized carbons (Fsp3) is 0.222. The van der Waals surface area contributed by atoms with E-state index in [0.29, 0.717) is 22.6 Å². The van der Waals surface area contributed by atoms with Gasteiger partial charge in [-0.1, -0.05) is 35.3 Å². The highest BCUT2D eigenvalue weighted by Crippen LogP contribution is 2.34. The fourth-order valence-electron chi connectivity index (χ4n) is 4.45. The molecule has 0 radical (unpaired) electrons. The summed E-state index contributed by atoms with van der Waals surface area (Å²) in [4.78, 5) is 31.9. The van der Waals surface area contributed by atoms with Crippen molar-refractivity contribution in [2.45, 2.75) is 23.6 Å². The number of oxazole rings is 1. The number of carbonyl (C=O) groups excluding carboxylic acids is 2. The van der Waals surface area contributed by atoms with Gasteiger partial charge in [0.1, 0.15) is 16.5 Å². The Labute approximate surface area is 240 Å². The van der Waals surface area contributed by atoms with E-state index in [2.05, 4.69) is 4.98 Å². The van der Waals surface area contributed by atoms with E-state index in [1.807, 2.05) is 18.2 Å². The van der Waals surface area contributed by atoms with Crippen LogP contribution in [0.2, 0.25) is 10.0 Å². The first-order valence-electron chi connectivity index (χ1n) is 12.0. The number of aromatic nitrogens is 1. The highest BCUT2D eigenvalue weighted by molar-refractivity contribution is 7.89. The number of imide groups is 1. The molecule has 208 valence electrons. The average molecular weight is 604 g/mol. The summed E-state index contributed by atoms with van der Waals surface area (Å²) in [6.45, 7) is -0.383. The molecule has 0 aliphatic carbocycles. The second-order valence-electron chi connectivity index (χ2n) is 8.87. The molecule has 4 aromatic rings. The molecule has 1 saturated heterocycles. The third-order valence-corrected chi connectivity index (χ3v) is 9.06. The van der Waals surface area contributed by atoms with Crippen LogP contribution in [0.15, 0.2) is 76.0 Å². The zero-order chi connectivity index (χ0) is 28.6. The van der Waals surface area contributed by atoms with Gasteiger partial charge in [-0.15, -0.1) is 0 Å². The molecule has 40 heavy (non-hydrogen) atoms. The highest BCUT2D eigenvalue weighted by atomic mass is 35.5. The van der Waals surface area contributed by atoms with E-state index in [-0.39, 0.29) is 27.2 Å². The predicted molar refractivity (Wildman–Crippen MR) is 149 cm³/mol. The number of hydrogen-bond donors (Lipinski definition) is 0. The largest absolute Gasteiger partial charge is 0.436 e. The molecule has 1 unspecified atom stereocenters. The van der Waals surface area contributed by atoms with Crippen molar-refractivity contribution in [3.8, 4) is 11.5 Å². The van der Waals surface area contributed by atoms with Crippen LogP contribution in [0.3, 0.4) is 0 Å². The number of ether oxygens (including phenoxy) is 2. The Hall–Kier alpha value is -3.32. The number of halogens is 2. The summed E-state index contributed by atoms with van der Waals surface area (Å²) in [5.41, 5.74) is 2.23. The van der Waals surface area contributed by atoms with Gasteiger partial charge in [0, 0.05) is 24.8 Å². The normalized spacial score (nSPS) is 16.1. The molecule has 0 spiro atoms. The van der Waals surface area contributed by atoms with E-state index in [4.69, 9.17) is 37.1 Å². The lowest BCUT2D eigenvalue weighted by molar-refractivity contribution is -0.125. The summed E-state index contributed by atoms with van der Waals surface area (Å²) < 4.78 is 44.7. The van der Waals surface area contributed by atoms with Crippen LogP contribution < -0.4 is 4.90 Å². The molecule has 0 saturated carbocycles. The number of rotatable bonds is 9. The summed E-state index contributed by atoms with van der Waals surface area (Å²) in [5.74, 6) is -0.925. The Morgan fingerprint density at radius 2 is 1.75 bits per heavy atom. The fourth-order valence-corrected chi connectivity index (χ4v) is 6.75. The van der Waals surface area contributed by atoms with Gasteiger partial charge >= 0.3 is 0 Å². The molecular formula is C27H23Cl2N3O7S. The number of amides is 2. The Balaban J connectivity index is 1.47. The van der Waals surface area contributed by atoms with Crippen molar-refractivity contribution in [3.63, 3.8) is 0 Å². The van der Waals surface area contributed by atoms with Gasteiger partial charge in [-0.2, -0.15) is 4.31 Å². The summed E-state index contributed by atoms with van der Waals surface area (Å²) in [5, 5.41) is 0.0386. The second-order valence-corrected chi connectivity index (χ2v) is 11.6. The number of anilines is 1. The lowest BCUT2D eigenvalue weighted by atomic mass is 10.2. The molecule has 1 aromatic heterocycles. The van der Waals surface area contributed by atoms with E-state index in [9.17, 15) is 18.0 Å². The molecule has 13 heteroatoms. The third kappa shape index (κ3) is 5.24. The molecule has 2 amide bonds. The van der Waals surface area contributed by atoms with Crippen molar-refractivity contribution in [2.75, 3.05) is 25.7 Å². The molecule has 1 atom stereocenters. The van der Waals surface area contributed by atoms with Crippen molar-refractivity contribution >= 4 is 61.8 Å². The smallest absolute Gasteiger partial charge is 0.252 e. The summed E-state index contributed by atoms with van der Waals surface area (Å²) >= 11 is 12.3. The lowest BCUT2D eigenvalue weighted by Crippen LogP contribution is -2.49. The first-order chi connectivity index (χ1) is 19.1.